The Morgan fingerprint density at radius 1 is 0.406 bits per heavy atom. The van der Waals surface area contributed by atoms with E-state index in [2.05, 4.69) is 228 Å². The van der Waals surface area contributed by atoms with Crippen molar-refractivity contribution >= 4 is 49.2 Å². The summed E-state index contributed by atoms with van der Waals surface area (Å²) in [5.74, 6) is 1.97. The number of rotatable bonds is 5. The molecule has 0 amide bonds. The summed E-state index contributed by atoms with van der Waals surface area (Å²) < 4.78 is 4.73. The maximum Gasteiger partial charge on any atom is 0.238 e. The predicted octanol–water partition coefficient (Wildman–Crippen LogP) is 15.5. The Hall–Kier alpha value is -8.93. The zero-order valence-electron chi connectivity index (χ0n) is 37.5. The van der Waals surface area contributed by atoms with Gasteiger partial charge in [0, 0.05) is 38.4 Å². The van der Waals surface area contributed by atoms with Gasteiger partial charge in [0.1, 0.15) is 0 Å². The van der Waals surface area contributed by atoms with Crippen molar-refractivity contribution in [1.29, 1.82) is 0 Å². The summed E-state index contributed by atoms with van der Waals surface area (Å²) >= 11 is 0. The maximum atomic E-state index is 5.47. The molecule has 5 heteroatoms. The number of hydrogen-bond donors (Lipinski definition) is 0. The summed E-state index contributed by atoms with van der Waals surface area (Å²) in [5.41, 5.74) is 19.8. The Morgan fingerprint density at radius 2 is 0.986 bits per heavy atom. The molecule has 0 radical (unpaired) electrons. The highest BCUT2D eigenvalue weighted by Gasteiger charge is 2.52. The van der Waals surface area contributed by atoms with E-state index in [-0.39, 0.29) is 0 Å². The van der Waals surface area contributed by atoms with Gasteiger partial charge in [-0.3, -0.25) is 4.57 Å². The molecule has 3 aliphatic rings. The fourth-order valence-electron chi connectivity index (χ4n) is 12.2. The number of benzene rings is 9. The van der Waals surface area contributed by atoms with Crippen molar-refractivity contribution in [2.24, 2.45) is 0 Å². The van der Waals surface area contributed by atoms with E-state index >= 15 is 0 Å². The minimum atomic E-state index is -0.507. The third-order valence-corrected chi connectivity index (χ3v) is 15.1. The first-order valence-corrected chi connectivity index (χ1v) is 23.9. The Labute approximate surface area is 398 Å². The molecule has 0 saturated carbocycles. The van der Waals surface area contributed by atoms with E-state index in [4.69, 9.17) is 15.0 Å². The average molecular weight is 880 g/mol. The molecule has 0 bridgehead atoms. The summed E-state index contributed by atoms with van der Waals surface area (Å²) in [6, 6.07) is 75.6. The number of aromatic nitrogens is 5. The van der Waals surface area contributed by atoms with Crippen molar-refractivity contribution < 1.29 is 0 Å². The third kappa shape index (κ3) is 5.33. The van der Waals surface area contributed by atoms with Gasteiger partial charge in [-0.05, 0) is 111 Å². The molecule has 0 unspecified atom stereocenters. The van der Waals surface area contributed by atoms with Crippen LogP contribution in [-0.2, 0) is 5.41 Å². The van der Waals surface area contributed by atoms with Crippen LogP contribution in [-0.4, -0.2) is 24.1 Å². The average Bonchev–Trinajstić information content (AvgIpc) is 4.13. The fraction of sp³-hybridized carbons (Fsp3) is 0.0469. The standard InChI is InChI=1S/C64H41N5/c1-4-18-40(19-5-1)61-65-62(41-20-6-2-7-21-41)67-63(66-61)69-58-37-33-43(42-32-36-57-50(38-42)47-26-13-17-31-56(47)68(57)44-22-8-3-9-23-44)39-51(58)48-34-35-55-59(60(48)69)49-27-12-16-30-54(49)64(55)52-28-14-10-24-45(52)46-25-11-15-29-53(46)64/h1-6,8-20,22-39H,7,21H2. The van der Waals surface area contributed by atoms with Gasteiger partial charge in [0.25, 0.3) is 0 Å². The van der Waals surface area contributed by atoms with Crippen LogP contribution in [0, 0.1) is 0 Å². The van der Waals surface area contributed by atoms with E-state index in [1.54, 1.807) is 0 Å². The van der Waals surface area contributed by atoms with Crippen LogP contribution in [0.25, 0.3) is 106 Å². The van der Waals surface area contributed by atoms with Crippen molar-refractivity contribution in [2.75, 3.05) is 0 Å². The van der Waals surface area contributed by atoms with Gasteiger partial charge in [0.15, 0.2) is 11.6 Å². The minimum Gasteiger partial charge on any atom is -0.309 e. The summed E-state index contributed by atoms with van der Waals surface area (Å²) in [5, 5.41) is 4.76. The number of para-hydroxylation sites is 2. The van der Waals surface area contributed by atoms with E-state index in [1.165, 1.54) is 66.3 Å². The SMILES string of the molecule is C1=CCCC(c2nc(-c3ccccc3)nc(-n3c4ccc(-c5ccc6c(c5)c5ccccc5n6-c5ccccc5)cc4c4ccc5c(c43)-c3ccccc3C53c4ccccc4-c4ccccc43)n2)=C1. The van der Waals surface area contributed by atoms with Crippen LogP contribution < -0.4 is 0 Å². The molecule has 12 aromatic rings. The summed E-state index contributed by atoms with van der Waals surface area (Å²) in [7, 11) is 0. The molecule has 15 rings (SSSR count). The van der Waals surface area contributed by atoms with Crippen molar-refractivity contribution in [3.05, 3.63) is 253 Å². The van der Waals surface area contributed by atoms with Crippen molar-refractivity contribution in [1.82, 2.24) is 24.1 Å². The molecule has 3 heterocycles. The molecule has 1 spiro atoms. The van der Waals surface area contributed by atoms with Crippen molar-refractivity contribution in [3.63, 3.8) is 0 Å². The lowest BCUT2D eigenvalue weighted by Crippen LogP contribution is -2.25. The van der Waals surface area contributed by atoms with Crippen LogP contribution in [0.5, 0.6) is 0 Å². The monoisotopic (exact) mass is 879 g/mol. The quantitative estimate of drug-likeness (QED) is 0.173. The molecule has 322 valence electrons. The van der Waals surface area contributed by atoms with E-state index in [0.29, 0.717) is 17.6 Å². The molecular formula is C64H41N5. The molecular weight excluding hydrogens is 839 g/mol. The fourth-order valence-corrected chi connectivity index (χ4v) is 12.2. The first-order valence-electron chi connectivity index (χ1n) is 23.9. The van der Waals surface area contributed by atoms with E-state index in [1.807, 2.05) is 6.07 Å². The lowest BCUT2D eigenvalue weighted by Gasteiger charge is -2.30. The molecule has 69 heavy (non-hydrogen) atoms. The first kappa shape index (κ1) is 38.2. The van der Waals surface area contributed by atoms with Gasteiger partial charge in [-0.25, -0.2) is 4.98 Å². The molecule has 3 aromatic heterocycles. The third-order valence-electron chi connectivity index (χ3n) is 15.1. The Bertz CT molecular complexity index is 4140. The number of nitrogens with zero attached hydrogens (tertiary/aromatic N) is 5. The lowest BCUT2D eigenvalue weighted by molar-refractivity contribution is 0.794. The number of allylic oxidation sites excluding steroid dienone is 4. The molecule has 0 saturated heterocycles. The van der Waals surface area contributed by atoms with Gasteiger partial charge in [-0.2, -0.15) is 9.97 Å². The van der Waals surface area contributed by atoms with E-state index in [0.717, 1.165) is 62.6 Å². The zero-order chi connectivity index (χ0) is 45.2. The molecule has 9 aromatic carbocycles. The Kier molecular flexibility index (Phi) is 8.05. The largest absolute Gasteiger partial charge is 0.309 e. The van der Waals surface area contributed by atoms with Crippen LogP contribution in [0.15, 0.2) is 224 Å². The van der Waals surface area contributed by atoms with Crippen LogP contribution in [0.3, 0.4) is 0 Å². The predicted molar refractivity (Wildman–Crippen MR) is 282 cm³/mol. The minimum absolute atomic E-state index is 0.507. The first-order chi connectivity index (χ1) is 34.2. The van der Waals surface area contributed by atoms with E-state index in [9.17, 15) is 0 Å². The Balaban J connectivity index is 1.04. The van der Waals surface area contributed by atoms with Crippen LogP contribution in [0.2, 0.25) is 0 Å². The van der Waals surface area contributed by atoms with Gasteiger partial charge in [0.2, 0.25) is 5.95 Å². The number of fused-ring (bicyclic) bond motifs is 17. The maximum absolute atomic E-state index is 5.47. The molecule has 0 aliphatic heterocycles. The van der Waals surface area contributed by atoms with Gasteiger partial charge < -0.3 is 4.57 Å². The second-order valence-electron chi connectivity index (χ2n) is 18.6. The highest BCUT2D eigenvalue weighted by atomic mass is 15.2. The van der Waals surface area contributed by atoms with Crippen molar-refractivity contribution in [3.8, 4) is 56.4 Å². The summed E-state index contributed by atoms with van der Waals surface area (Å²) in [6.07, 6.45) is 8.31. The second-order valence-corrected chi connectivity index (χ2v) is 18.6. The molecule has 5 nitrogen and oxygen atoms in total. The number of hydrogen-bond acceptors (Lipinski definition) is 3. The second kappa shape index (κ2) is 14.5. The highest BCUT2D eigenvalue weighted by molar-refractivity contribution is 6.18. The van der Waals surface area contributed by atoms with Gasteiger partial charge in [-0.1, -0.05) is 182 Å². The topological polar surface area (TPSA) is 48.5 Å². The van der Waals surface area contributed by atoms with Crippen LogP contribution in [0.1, 0.15) is 40.9 Å². The molecule has 3 aliphatic carbocycles. The van der Waals surface area contributed by atoms with Crippen LogP contribution in [0.4, 0.5) is 0 Å². The lowest BCUT2D eigenvalue weighted by atomic mass is 9.70. The summed E-state index contributed by atoms with van der Waals surface area (Å²) in [6.45, 7) is 0. The highest BCUT2D eigenvalue weighted by Crippen LogP contribution is 2.64. The Morgan fingerprint density at radius 3 is 1.70 bits per heavy atom. The molecule has 0 fully saturated rings. The van der Waals surface area contributed by atoms with E-state index < -0.39 is 5.41 Å². The van der Waals surface area contributed by atoms with Gasteiger partial charge >= 0.3 is 0 Å². The van der Waals surface area contributed by atoms with Crippen LogP contribution >= 0.6 is 0 Å². The zero-order valence-corrected chi connectivity index (χ0v) is 37.5. The summed E-state index contributed by atoms with van der Waals surface area (Å²) in [4.78, 5) is 16.1. The van der Waals surface area contributed by atoms with Gasteiger partial charge in [-0.15, -0.1) is 0 Å². The van der Waals surface area contributed by atoms with Crippen molar-refractivity contribution in [2.45, 2.75) is 18.3 Å². The smallest absolute Gasteiger partial charge is 0.238 e. The molecule has 0 atom stereocenters. The normalized spacial score (nSPS) is 14.1. The molecule has 0 N–H and O–H groups in total. The van der Waals surface area contributed by atoms with Gasteiger partial charge in [0.05, 0.1) is 27.5 Å².